The Hall–Kier alpha value is -3.26. The number of pyridine rings is 1. The number of oxime groups is 1. The third-order valence-electron chi connectivity index (χ3n) is 3.90. The lowest BCUT2D eigenvalue weighted by molar-refractivity contribution is -0.114. The summed E-state index contributed by atoms with van der Waals surface area (Å²) in [5.74, 6) is -0.00895. The SMILES string of the molecule is CCNC(=O)/C(=N/OC)c1cccnc1CO/C(C)=N/N=C(\C)c1ccc(Cl)cc1. The zero-order chi connectivity index (χ0) is 21.9. The molecule has 0 atom stereocenters. The van der Waals surface area contributed by atoms with Crippen molar-refractivity contribution in [3.8, 4) is 0 Å². The molecule has 0 aliphatic carbocycles. The van der Waals surface area contributed by atoms with E-state index < -0.39 is 0 Å². The molecule has 8 nitrogen and oxygen atoms in total. The Kier molecular flexibility index (Phi) is 8.96. The highest BCUT2D eigenvalue weighted by atomic mass is 35.5. The zero-order valence-electron chi connectivity index (χ0n) is 17.3. The molecule has 0 bridgehead atoms. The minimum atomic E-state index is -0.359. The fraction of sp³-hybridized carbons (Fsp3) is 0.286. The van der Waals surface area contributed by atoms with Crippen molar-refractivity contribution >= 4 is 34.8 Å². The Morgan fingerprint density at radius 1 is 1.17 bits per heavy atom. The number of benzene rings is 1. The first kappa shape index (κ1) is 23.0. The van der Waals surface area contributed by atoms with E-state index in [-0.39, 0.29) is 18.2 Å². The number of halogens is 1. The van der Waals surface area contributed by atoms with Gasteiger partial charge >= 0.3 is 0 Å². The van der Waals surface area contributed by atoms with Crippen LogP contribution in [-0.4, -0.2) is 41.9 Å². The molecule has 0 aliphatic rings. The fourth-order valence-corrected chi connectivity index (χ4v) is 2.54. The van der Waals surface area contributed by atoms with Crippen LogP contribution in [-0.2, 0) is 21.0 Å². The number of nitrogens with zero attached hydrogens (tertiary/aromatic N) is 4. The number of carbonyl (C=O) groups excluding carboxylic acids is 1. The molecule has 0 fully saturated rings. The summed E-state index contributed by atoms with van der Waals surface area (Å²) >= 11 is 5.90. The topological polar surface area (TPSA) is 97.5 Å². The zero-order valence-corrected chi connectivity index (χ0v) is 18.1. The van der Waals surface area contributed by atoms with Crippen molar-refractivity contribution in [1.82, 2.24) is 10.3 Å². The second-order valence-corrected chi connectivity index (χ2v) is 6.52. The lowest BCUT2D eigenvalue weighted by Crippen LogP contribution is -2.32. The van der Waals surface area contributed by atoms with Crippen molar-refractivity contribution in [3.05, 3.63) is 64.4 Å². The highest BCUT2D eigenvalue weighted by Crippen LogP contribution is 2.12. The molecule has 0 aliphatic heterocycles. The van der Waals surface area contributed by atoms with Crippen molar-refractivity contribution in [2.24, 2.45) is 15.4 Å². The van der Waals surface area contributed by atoms with E-state index in [1.165, 1.54) is 7.11 Å². The summed E-state index contributed by atoms with van der Waals surface area (Å²) in [5.41, 5.74) is 2.79. The van der Waals surface area contributed by atoms with Crippen molar-refractivity contribution in [1.29, 1.82) is 0 Å². The van der Waals surface area contributed by atoms with Crippen LogP contribution in [0.15, 0.2) is 58.0 Å². The van der Waals surface area contributed by atoms with Gasteiger partial charge in [-0.1, -0.05) is 28.9 Å². The minimum Gasteiger partial charge on any atom is -0.473 e. The van der Waals surface area contributed by atoms with Gasteiger partial charge in [0, 0.05) is 30.3 Å². The van der Waals surface area contributed by atoms with Gasteiger partial charge < -0.3 is 14.9 Å². The van der Waals surface area contributed by atoms with Gasteiger partial charge in [0.1, 0.15) is 13.7 Å². The third-order valence-corrected chi connectivity index (χ3v) is 4.15. The molecule has 0 saturated carbocycles. The number of likely N-dealkylation sites (N-methyl/N-ethyl adjacent to an activating group) is 1. The van der Waals surface area contributed by atoms with Crippen LogP contribution in [0.5, 0.6) is 0 Å². The lowest BCUT2D eigenvalue weighted by Gasteiger charge is -2.11. The molecule has 2 rings (SSSR count). The minimum absolute atomic E-state index is 0.0865. The number of hydrogen-bond acceptors (Lipinski definition) is 7. The van der Waals surface area contributed by atoms with Gasteiger partial charge in [0.15, 0.2) is 5.71 Å². The first-order valence-electron chi connectivity index (χ1n) is 9.27. The summed E-state index contributed by atoms with van der Waals surface area (Å²) < 4.78 is 5.67. The number of nitrogens with one attached hydrogen (secondary N) is 1. The predicted molar refractivity (Wildman–Crippen MR) is 118 cm³/mol. The standard InChI is InChI=1S/C21H24ClN5O3/c1-5-23-21(28)20(27-29-4)18-7-6-12-24-19(18)13-30-15(3)26-25-14(2)16-8-10-17(22)11-9-16/h6-12H,5,13H2,1-4H3,(H,23,28)/b25-14+,26-15+,27-20+. The lowest BCUT2D eigenvalue weighted by atomic mass is 10.1. The van der Waals surface area contributed by atoms with Gasteiger partial charge in [-0.3, -0.25) is 9.78 Å². The van der Waals surface area contributed by atoms with Crippen molar-refractivity contribution in [2.75, 3.05) is 13.7 Å². The van der Waals surface area contributed by atoms with Crippen molar-refractivity contribution in [3.63, 3.8) is 0 Å². The molecule has 0 unspecified atom stereocenters. The van der Waals surface area contributed by atoms with Crippen LogP contribution in [0.1, 0.15) is 37.6 Å². The number of aromatic nitrogens is 1. The Morgan fingerprint density at radius 3 is 2.57 bits per heavy atom. The molecule has 30 heavy (non-hydrogen) atoms. The maximum Gasteiger partial charge on any atom is 0.274 e. The fourth-order valence-electron chi connectivity index (χ4n) is 2.41. The number of rotatable bonds is 8. The molecule has 1 amide bonds. The first-order valence-corrected chi connectivity index (χ1v) is 9.65. The molecule has 1 heterocycles. The second-order valence-electron chi connectivity index (χ2n) is 6.08. The predicted octanol–water partition coefficient (Wildman–Crippen LogP) is 3.58. The molecule has 0 saturated heterocycles. The Labute approximate surface area is 180 Å². The van der Waals surface area contributed by atoms with E-state index >= 15 is 0 Å². The monoisotopic (exact) mass is 429 g/mol. The maximum absolute atomic E-state index is 12.3. The Bertz CT molecular complexity index is 955. The molecule has 1 N–H and O–H groups in total. The maximum atomic E-state index is 12.3. The molecular weight excluding hydrogens is 406 g/mol. The number of carbonyl (C=O) groups is 1. The summed E-state index contributed by atoms with van der Waals surface area (Å²) in [7, 11) is 1.38. The highest BCUT2D eigenvalue weighted by Gasteiger charge is 2.19. The van der Waals surface area contributed by atoms with E-state index in [0.29, 0.717) is 28.7 Å². The van der Waals surface area contributed by atoms with Gasteiger partial charge in [-0.25, -0.2) is 0 Å². The van der Waals surface area contributed by atoms with Crippen LogP contribution in [0, 0.1) is 0 Å². The smallest absolute Gasteiger partial charge is 0.274 e. The summed E-state index contributed by atoms with van der Waals surface area (Å²) in [6.07, 6.45) is 1.61. The van der Waals surface area contributed by atoms with Crippen LogP contribution in [0.2, 0.25) is 5.02 Å². The van der Waals surface area contributed by atoms with Gasteiger partial charge in [-0.05, 0) is 43.7 Å². The number of amides is 1. The van der Waals surface area contributed by atoms with Crippen LogP contribution >= 0.6 is 11.6 Å². The van der Waals surface area contributed by atoms with Gasteiger partial charge in [0.2, 0.25) is 5.90 Å². The van der Waals surface area contributed by atoms with E-state index in [9.17, 15) is 4.79 Å². The quantitative estimate of drug-likeness (QED) is 0.394. The van der Waals surface area contributed by atoms with Crippen LogP contribution in [0.4, 0.5) is 0 Å². The summed E-state index contributed by atoms with van der Waals surface area (Å²) in [6, 6.07) is 10.8. The molecule has 158 valence electrons. The van der Waals surface area contributed by atoms with E-state index in [1.54, 1.807) is 37.4 Å². The third kappa shape index (κ3) is 6.66. The molecule has 1 aromatic heterocycles. The van der Waals surface area contributed by atoms with Crippen LogP contribution in [0.25, 0.3) is 0 Å². The molecule has 2 aromatic rings. The molecule has 0 spiro atoms. The summed E-state index contributed by atoms with van der Waals surface area (Å²) in [4.78, 5) is 21.4. The van der Waals surface area contributed by atoms with Gasteiger partial charge in [-0.15, -0.1) is 5.10 Å². The second kappa shape index (κ2) is 11.7. The van der Waals surface area contributed by atoms with E-state index in [4.69, 9.17) is 21.2 Å². The molecule has 1 aromatic carbocycles. The highest BCUT2D eigenvalue weighted by molar-refractivity contribution is 6.45. The first-order chi connectivity index (χ1) is 14.5. The Morgan fingerprint density at radius 2 is 1.90 bits per heavy atom. The van der Waals surface area contributed by atoms with Gasteiger partial charge in [0.25, 0.3) is 5.91 Å². The van der Waals surface area contributed by atoms with E-state index in [2.05, 4.69) is 25.7 Å². The number of hydrogen-bond donors (Lipinski definition) is 1. The Balaban J connectivity index is 2.14. The molecule has 0 radical (unpaired) electrons. The van der Waals surface area contributed by atoms with Crippen LogP contribution in [0.3, 0.4) is 0 Å². The van der Waals surface area contributed by atoms with Gasteiger partial charge in [-0.2, -0.15) is 5.10 Å². The normalized spacial score (nSPS) is 12.5. The molecular formula is C21H24ClN5O3. The van der Waals surface area contributed by atoms with Crippen molar-refractivity contribution in [2.45, 2.75) is 27.4 Å². The van der Waals surface area contributed by atoms with E-state index in [0.717, 1.165) is 11.3 Å². The number of ether oxygens (including phenoxy) is 1. The van der Waals surface area contributed by atoms with Gasteiger partial charge in [0.05, 0.1) is 11.4 Å². The summed E-state index contributed by atoms with van der Waals surface area (Å²) in [5, 5.41) is 15.5. The van der Waals surface area contributed by atoms with E-state index in [1.807, 2.05) is 26.0 Å². The average molecular weight is 430 g/mol. The largest absolute Gasteiger partial charge is 0.473 e. The average Bonchev–Trinajstić information content (AvgIpc) is 2.75. The van der Waals surface area contributed by atoms with Crippen molar-refractivity contribution < 1.29 is 14.4 Å². The molecule has 9 heteroatoms. The van der Waals surface area contributed by atoms with Crippen LogP contribution < -0.4 is 5.32 Å². The summed E-state index contributed by atoms with van der Waals surface area (Å²) in [6.45, 7) is 5.90.